The molecular weight excluding hydrogens is 268 g/mol. The van der Waals surface area contributed by atoms with Gasteiger partial charge in [0.2, 0.25) is 0 Å². The molecule has 1 aliphatic heterocycles. The first-order valence-corrected chi connectivity index (χ1v) is 8.27. The minimum absolute atomic E-state index is 0.194. The number of hydrogen-bond donors (Lipinski definition) is 0. The first kappa shape index (κ1) is 15.1. The molecule has 0 saturated heterocycles. The van der Waals surface area contributed by atoms with Gasteiger partial charge in [-0.25, -0.2) is 0 Å². The van der Waals surface area contributed by atoms with Crippen molar-refractivity contribution in [3.63, 3.8) is 0 Å². The molecule has 22 heavy (non-hydrogen) atoms. The minimum Gasteiger partial charge on any atom is -0.489 e. The van der Waals surface area contributed by atoms with Crippen molar-refractivity contribution in [2.45, 2.75) is 59.5 Å². The summed E-state index contributed by atoms with van der Waals surface area (Å²) in [6.45, 7) is 13.2. The highest BCUT2D eigenvalue weighted by molar-refractivity contribution is 5.57. The number of hydrogen-bond acceptors (Lipinski definition) is 1. The third-order valence-electron chi connectivity index (χ3n) is 5.08. The van der Waals surface area contributed by atoms with E-state index in [0.29, 0.717) is 11.8 Å². The molecule has 0 amide bonds. The van der Waals surface area contributed by atoms with E-state index in [9.17, 15) is 0 Å². The van der Waals surface area contributed by atoms with Crippen LogP contribution in [-0.2, 0) is 0 Å². The molecule has 2 aromatic rings. The topological polar surface area (TPSA) is 9.23 Å². The molecule has 0 radical (unpaired) electrons. The minimum atomic E-state index is 0.194. The largest absolute Gasteiger partial charge is 0.489 e. The Morgan fingerprint density at radius 1 is 0.955 bits per heavy atom. The zero-order valence-corrected chi connectivity index (χ0v) is 14.5. The quantitative estimate of drug-likeness (QED) is 0.695. The van der Waals surface area contributed by atoms with E-state index >= 15 is 0 Å². The van der Waals surface area contributed by atoms with E-state index in [-0.39, 0.29) is 6.10 Å². The van der Waals surface area contributed by atoms with Gasteiger partial charge in [-0.1, -0.05) is 44.2 Å². The lowest BCUT2D eigenvalue weighted by molar-refractivity contribution is 0.237. The molecule has 1 heteroatoms. The Labute approximate surface area is 134 Å². The second kappa shape index (κ2) is 5.46. The van der Waals surface area contributed by atoms with E-state index in [1.807, 2.05) is 0 Å². The summed E-state index contributed by atoms with van der Waals surface area (Å²) in [5, 5.41) is 0. The van der Waals surface area contributed by atoms with E-state index in [2.05, 4.69) is 71.9 Å². The highest BCUT2D eigenvalue weighted by atomic mass is 16.5. The third kappa shape index (κ3) is 2.33. The van der Waals surface area contributed by atoms with E-state index in [0.717, 1.165) is 5.75 Å². The molecule has 2 atom stereocenters. The number of fused-ring (bicyclic) bond motifs is 1. The van der Waals surface area contributed by atoms with Crippen molar-refractivity contribution in [2.24, 2.45) is 0 Å². The summed E-state index contributed by atoms with van der Waals surface area (Å²) in [6.07, 6.45) is 0.194. The van der Waals surface area contributed by atoms with E-state index in [1.165, 1.54) is 33.4 Å². The maximum atomic E-state index is 6.24. The molecule has 0 aliphatic carbocycles. The summed E-state index contributed by atoms with van der Waals surface area (Å²) in [4.78, 5) is 0. The maximum Gasteiger partial charge on any atom is 0.127 e. The lowest BCUT2D eigenvalue weighted by Gasteiger charge is -2.18. The number of rotatable bonds is 2. The van der Waals surface area contributed by atoms with Gasteiger partial charge in [-0.2, -0.15) is 0 Å². The average Bonchev–Trinajstić information content (AvgIpc) is 2.83. The van der Waals surface area contributed by atoms with Crippen molar-refractivity contribution >= 4 is 0 Å². The number of benzene rings is 2. The molecule has 0 N–H and O–H groups in total. The van der Waals surface area contributed by atoms with Crippen LogP contribution in [0.1, 0.15) is 66.0 Å². The molecule has 0 saturated carbocycles. The highest BCUT2D eigenvalue weighted by Crippen LogP contribution is 2.46. The fourth-order valence-corrected chi connectivity index (χ4v) is 3.62. The normalized spacial score (nSPS) is 20.1. The molecule has 0 fully saturated rings. The molecule has 2 aromatic carbocycles. The molecule has 0 spiro atoms. The lowest BCUT2D eigenvalue weighted by atomic mass is 9.84. The van der Waals surface area contributed by atoms with Crippen LogP contribution in [0, 0.1) is 20.8 Å². The van der Waals surface area contributed by atoms with Crippen LogP contribution in [0.2, 0.25) is 0 Å². The van der Waals surface area contributed by atoms with Crippen molar-refractivity contribution in [3.8, 4) is 5.75 Å². The Morgan fingerprint density at radius 3 is 2.18 bits per heavy atom. The molecule has 1 nitrogen and oxygen atoms in total. The van der Waals surface area contributed by atoms with E-state index in [4.69, 9.17) is 4.74 Å². The van der Waals surface area contributed by atoms with E-state index < -0.39 is 0 Å². The van der Waals surface area contributed by atoms with Crippen LogP contribution in [0.3, 0.4) is 0 Å². The van der Waals surface area contributed by atoms with Gasteiger partial charge in [0.15, 0.2) is 0 Å². The summed E-state index contributed by atoms with van der Waals surface area (Å²) in [5.41, 5.74) is 8.09. The zero-order valence-electron chi connectivity index (χ0n) is 14.5. The van der Waals surface area contributed by atoms with Gasteiger partial charge >= 0.3 is 0 Å². The van der Waals surface area contributed by atoms with Crippen LogP contribution in [0.25, 0.3) is 0 Å². The van der Waals surface area contributed by atoms with Crippen LogP contribution in [0.15, 0.2) is 30.3 Å². The van der Waals surface area contributed by atoms with Gasteiger partial charge in [0, 0.05) is 11.5 Å². The molecule has 1 aliphatic rings. The molecule has 0 unspecified atom stereocenters. The van der Waals surface area contributed by atoms with Gasteiger partial charge in [-0.15, -0.1) is 0 Å². The lowest BCUT2D eigenvalue weighted by Crippen LogP contribution is -2.15. The van der Waals surface area contributed by atoms with Gasteiger partial charge in [0.25, 0.3) is 0 Å². The third-order valence-corrected chi connectivity index (χ3v) is 5.08. The summed E-state index contributed by atoms with van der Waals surface area (Å²) >= 11 is 0. The smallest absolute Gasteiger partial charge is 0.127 e. The fraction of sp³-hybridized carbons (Fsp3) is 0.429. The summed E-state index contributed by atoms with van der Waals surface area (Å²) in [7, 11) is 0. The average molecular weight is 294 g/mol. The molecule has 0 aromatic heterocycles. The molecule has 0 bridgehead atoms. The Bertz CT molecular complexity index is 695. The molecule has 116 valence electrons. The molecular formula is C21H26O. The second-order valence-corrected chi connectivity index (χ2v) is 7.00. The van der Waals surface area contributed by atoms with Crippen molar-refractivity contribution in [3.05, 3.63) is 63.7 Å². The van der Waals surface area contributed by atoms with Gasteiger partial charge < -0.3 is 4.74 Å². The zero-order chi connectivity index (χ0) is 16.0. The van der Waals surface area contributed by atoms with Crippen LogP contribution in [0.5, 0.6) is 5.75 Å². The van der Waals surface area contributed by atoms with Gasteiger partial charge in [-0.3, -0.25) is 0 Å². The Kier molecular flexibility index (Phi) is 3.76. The predicted octanol–water partition coefficient (Wildman–Crippen LogP) is 5.65. The van der Waals surface area contributed by atoms with Crippen LogP contribution in [-0.4, -0.2) is 6.10 Å². The van der Waals surface area contributed by atoms with Gasteiger partial charge in [0.05, 0.1) is 0 Å². The van der Waals surface area contributed by atoms with Crippen LogP contribution < -0.4 is 4.74 Å². The maximum absolute atomic E-state index is 6.24. The summed E-state index contributed by atoms with van der Waals surface area (Å²) < 4.78 is 6.24. The number of aryl methyl sites for hydroxylation is 2. The van der Waals surface area contributed by atoms with Crippen molar-refractivity contribution in [1.29, 1.82) is 0 Å². The Hall–Kier alpha value is -1.76. The van der Waals surface area contributed by atoms with Crippen LogP contribution >= 0.6 is 0 Å². The summed E-state index contributed by atoms with van der Waals surface area (Å²) in [5.74, 6) is 2.03. The Morgan fingerprint density at radius 2 is 1.59 bits per heavy atom. The SMILES string of the molecule is Cc1cc(C)c2c(c1C)O[C@@H](C)[C@H]2c1ccc(C(C)C)cc1. The monoisotopic (exact) mass is 294 g/mol. The van der Waals surface area contributed by atoms with Crippen LogP contribution in [0.4, 0.5) is 0 Å². The van der Waals surface area contributed by atoms with E-state index in [1.54, 1.807) is 0 Å². The fourth-order valence-electron chi connectivity index (χ4n) is 3.62. The first-order valence-electron chi connectivity index (χ1n) is 8.27. The molecule has 1 heterocycles. The second-order valence-electron chi connectivity index (χ2n) is 7.00. The van der Waals surface area contributed by atoms with Gasteiger partial charge in [-0.05, 0) is 61.4 Å². The van der Waals surface area contributed by atoms with Crippen molar-refractivity contribution < 1.29 is 4.74 Å². The van der Waals surface area contributed by atoms with Crippen molar-refractivity contribution in [2.75, 3.05) is 0 Å². The predicted molar refractivity (Wildman–Crippen MR) is 93.1 cm³/mol. The van der Waals surface area contributed by atoms with Gasteiger partial charge in [0.1, 0.15) is 11.9 Å². The molecule has 3 rings (SSSR count). The standard InChI is InChI=1S/C21H26O/c1-12(2)17-7-9-18(10-8-17)20-16(6)22-21-15(5)13(3)11-14(4)19(20)21/h7-12,16,20H,1-6H3/t16-,20-/m0/s1. The first-order chi connectivity index (χ1) is 10.4. The number of ether oxygens (including phenoxy) is 1. The Balaban J connectivity index is 2.09. The highest BCUT2D eigenvalue weighted by Gasteiger charge is 2.35. The van der Waals surface area contributed by atoms with Crippen molar-refractivity contribution in [1.82, 2.24) is 0 Å². The summed E-state index contributed by atoms with van der Waals surface area (Å²) in [6, 6.07) is 11.4.